The number of fused-ring (bicyclic) bond motifs is 1. The lowest BCUT2D eigenvalue weighted by molar-refractivity contribution is -0.144. The molecule has 0 amide bonds. The summed E-state index contributed by atoms with van der Waals surface area (Å²) in [7, 11) is 0. The summed E-state index contributed by atoms with van der Waals surface area (Å²) in [5, 5.41) is 1.43. The zero-order valence-corrected chi connectivity index (χ0v) is 15.9. The molecule has 0 N–H and O–H groups in total. The van der Waals surface area contributed by atoms with Crippen LogP contribution in [0.25, 0.3) is 16.6 Å². The summed E-state index contributed by atoms with van der Waals surface area (Å²) in [6, 6.07) is 14.1. The van der Waals surface area contributed by atoms with E-state index in [1.807, 2.05) is 6.07 Å². The fraction of sp³-hybridized carbons (Fsp3) is 0.211. The molecule has 3 aromatic rings. The molecule has 7 heteroatoms. The molecule has 3 rings (SSSR count). The predicted octanol–water partition coefficient (Wildman–Crippen LogP) is 4.08. The Kier molecular flexibility index (Phi) is 5.64. The molecule has 0 saturated heterocycles. The van der Waals surface area contributed by atoms with E-state index < -0.39 is 0 Å². The Hall–Kier alpha value is -2.31. The Morgan fingerprint density at radius 1 is 1.23 bits per heavy atom. The second-order valence-corrected chi connectivity index (χ2v) is 7.24. The molecule has 0 aliphatic carbocycles. The number of halogens is 1. The molecular weight excluding hydrogens is 372 g/mol. The number of ether oxygens (including phenoxy) is 1. The first-order chi connectivity index (χ1) is 12.5. The van der Waals surface area contributed by atoms with Gasteiger partial charge in [-0.2, -0.15) is 0 Å². The van der Waals surface area contributed by atoms with Gasteiger partial charge in [-0.05, 0) is 44.2 Å². The quantitative estimate of drug-likeness (QED) is 0.374. The summed E-state index contributed by atoms with van der Waals surface area (Å²) in [6.45, 7) is 3.58. The highest BCUT2D eigenvalue weighted by Crippen LogP contribution is 2.23. The largest absolute Gasteiger partial charge is 0.462 e. The Bertz CT molecular complexity index is 1020. The molecule has 1 heterocycles. The summed E-state index contributed by atoms with van der Waals surface area (Å²) in [6.07, 6.45) is -0.192. The highest BCUT2D eigenvalue weighted by atomic mass is 35.5. The van der Waals surface area contributed by atoms with Crippen molar-refractivity contribution in [2.75, 3.05) is 5.75 Å². The zero-order chi connectivity index (χ0) is 18.7. The van der Waals surface area contributed by atoms with Crippen molar-refractivity contribution in [1.82, 2.24) is 9.55 Å². The molecule has 0 bridgehead atoms. The highest BCUT2D eigenvalue weighted by Gasteiger charge is 2.15. The third kappa shape index (κ3) is 4.08. The summed E-state index contributed by atoms with van der Waals surface area (Å²) in [4.78, 5) is 29.5. The van der Waals surface area contributed by atoms with Crippen LogP contribution in [0.2, 0.25) is 5.02 Å². The van der Waals surface area contributed by atoms with Crippen LogP contribution in [0.15, 0.2) is 58.5 Å². The number of carbonyl (C=O) groups excluding carboxylic acids is 1. The van der Waals surface area contributed by atoms with E-state index in [2.05, 4.69) is 4.98 Å². The van der Waals surface area contributed by atoms with Crippen molar-refractivity contribution < 1.29 is 9.53 Å². The van der Waals surface area contributed by atoms with Gasteiger partial charge in [-0.1, -0.05) is 41.6 Å². The van der Waals surface area contributed by atoms with Gasteiger partial charge in [-0.3, -0.25) is 14.2 Å². The first-order valence-electron chi connectivity index (χ1n) is 8.05. The summed E-state index contributed by atoms with van der Waals surface area (Å²) < 4.78 is 6.63. The molecule has 0 radical (unpaired) electrons. The summed E-state index contributed by atoms with van der Waals surface area (Å²) in [5.74, 6) is -0.297. The maximum atomic E-state index is 13.0. The molecule has 2 aromatic carbocycles. The second kappa shape index (κ2) is 7.93. The Morgan fingerprint density at radius 3 is 2.73 bits per heavy atom. The molecule has 0 saturated carbocycles. The minimum Gasteiger partial charge on any atom is -0.462 e. The van der Waals surface area contributed by atoms with Crippen LogP contribution in [0.5, 0.6) is 0 Å². The first-order valence-corrected chi connectivity index (χ1v) is 9.42. The molecule has 0 fully saturated rings. The van der Waals surface area contributed by atoms with Crippen molar-refractivity contribution in [3.63, 3.8) is 0 Å². The van der Waals surface area contributed by atoms with E-state index in [4.69, 9.17) is 16.3 Å². The number of aromatic nitrogens is 2. The topological polar surface area (TPSA) is 61.2 Å². The fourth-order valence-corrected chi connectivity index (χ4v) is 3.45. The van der Waals surface area contributed by atoms with Gasteiger partial charge in [0.05, 0.1) is 28.4 Å². The van der Waals surface area contributed by atoms with E-state index in [0.29, 0.717) is 26.8 Å². The maximum absolute atomic E-state index is 13.0. The molecule has 0 atom stereocenters. The third-order valence-electron chi connectivity index (χ3n) is 3.50. The zero-order valence-electron chi connectivity index (χ0n) is 14.3. The normalized spacial score (nSPS) is 11.1. The lowest BCUT2D eigenvalue weighted by Crippen LogP contribution is -2.22. The van der Waals surface area contributed by atoms with Crippen LogP contribution in [-0.4, -0.2) is 27.4 Å². The van der Waals surface area contributed by atoms with E-state index >= 15 is 0 Å². The second-order valence-electron chi connectivity index (χ2n) is 5.86. The Labute approximate surface area is 160 Å². The number of hydrogen-bond donors (Lipinski definition) is 0. The Morgan fingerprint density at radius 2 is 2.00 bits per heavy atom. The van der Waals surface area contributed by atoms with Crippen molar-refractivity contribution in [3.8, 4) is 5.69 Å². The number of thioether (sulfide) groups is 1. The number of nitrogens with zero attached hydrogens (tertiary/aromatic N) is 2. The minimum absolute atomic E-state index is 0.0591. The highest BCUT2D eigenvalue weighted by molar-refractivity contribution is 7.99. The number of rotatable bonds is 5. The van der Waals surface area contributed by atoms with E-state index in [1.165, 1.54) is 4.57 Å². The average Bonchev–Trinajstić information content (AvgIpc) is 2.59. The van der Waals surface area contributed by atoms with Gasteiger partial charge in [0.25, 0.3) is 5.56 Å². The molecule has 1 aromatic heterocycles. The Balaban J connectivity index is 2.09. The van der Waals surface area contributed by atoms with Gasteiger partial charge < -0.3 is 4.74 Å². The summed E-state index contributed by atoms with van der Waals surface area (Å²) >= 11 is 7.25. The van der Waals surface area contributed by atoms with E-state index in [1.54, 1.807) is 56.3 Å². The van der Waals surface area contributed by atoms with Gasteiger partial charge in [-0.15, -0.1) is 0 Å². The molecule has 0 aliphatic rings. The number of hydrogen-bond acceptors (Lipinski definition) is 5. The number of carbonyl (C=O) groups is 1. The third-order valence-corrected chi connectivity index (χ3v) is 4.64. The van der Waals surface area contributed by atoms with Gasteiger partial charge in [-0.25, -0.2) is 4.98 Å². The molecular formula is C19H17ClN2O3S. The van der Waals surface area contributed by atoms with Crippen LogP contribution in [0.1, 0.15) is 13.8 Å². The van der Waals surface area contributed by atoms with E-state index in [0.717, 1.165) is 11.8 Å². The van der Waals surface area contributed by atoms with Crippen LogP contribution in [0.4, 0.5) is 0 Å². The van der Waals surface area contributed by atoms with Crippen molar-refractivity contribution in [2.24, 2.45) is 0 Å². The van der Waals surface area contributed by atoms with Crippen LogP contribution in [0.3, 0.4) is 0 Å². The lowest BCUT2D eigenvalue weighted by Gasteiger charge is -2.13. The first kappa shape index (κ1) is 18.5. The molecule has 0 aliphatic heterocycles. The monoisotopic (exact) mass is 388 g/mol. The number of esters is 1. The average molecular weight is 389 g/mol. The molecule has 5 nitrogen and oxygen atoms in total. The molecule has 0 unspecified atom stereocenters. The number of para-hydroxylation sites is 1. The van der Waals surface area contributed by atoms with E-state index in [9.17, 15) is 9.59 Å². The van der Waals surface area contributed by atoms with Crippen LogP contribution < -0.4 is 5.56 Å². The standard InChI is InChI=1S/C19H17ClN2O3S/c1-12(2)25-17(23)11-26-19-21-16-9-4-3-8-15(16)18(24)22(19)14-7-5-6-13(20)10-14/h3-10,12H,11H2,1-2H3. The van der Waals surface area contributed by atoms with Gasteiger partial charge in [0.15, 0.2) is 5.16 Å². The summed E-state index contributed by atoms with van der Waals surface area (Å²) in [5.41, 5.74) is 0.966. The molecule has 26 heavy (non-hydrogen) atoms. The lowest BCUT2D eigenvalue weighted by atomic mass is 10.2. The molecule has 0 spiro atoms. The number of benzene rings is 2. The van der Waals surface area contributed by atoms with Crippen LogP contribution in [-0.2, 0) is 9.53 Å². The smallest absolute Gasteiger partial charge is 0.316 e. The fourth-order valence-electron chi connectivity index (χ4n) is 2.47. The van der Waals surface area contributed by atoms with E-state index in [-0.39, 0.29) is 23.4 Å². The molecule has 134 valence electrons. The van der Waals surface area contributed by atoms with Gasteiger partial charge >= 0.3 is 5.97 Å². The van der Waals surface area contributed by atoms with Crippen LogP contribution >= 0.6 is 23.4 Å². The maximum Gasteiger partial charge on any atom is 0.316 e. The predicted molar refractivity (Wildman–Crippen MR) is 104 cm³/mol. The SMILES string of the molecule is CC(C)OC(=O)CSc1nc2ccccc2c(=O)n1-c1cccc(Cl)c1. The van der Waals surface area contributed by atoms with Crippen LogP contribution in [0, 0.1) is 0 Å². The van der Waals surface area contributed by atoms with Crippen molar-refractivity contribution >= 4 is 40.2 Å². The van der Waals surface area contributed by atoms with Crippen molar-refractivity contribution in [1.29, 1.82) is 0 Å². The minimum atomic E-state index is -0.356. The van der Waals surface area contributed by atoms with Crippen molar-refractivity contribution in [3.05, 3.63) is 63.9 Å². The van der Waals surface area contributed by atoms with Gasteiger partial charge in [0.1, 0.15) is 0 Å². The van der Waals surface area contributed by atoms with Crippen molar-refractivity contribution in [2.45, 2.75) is 25.1 Å². The van der Waals surface area contributed by atoms with Gasteiger partial charge in [0.2, 0.25) is 0 Å². The van der Waals surface area contributed by atoms with Gasteiger partial charge in [0, 0.05) is 5.02 Å².